The molecule has 0 aliphatic carbocycles. The summed E-state index contributed by atoms with van der Waals surface area (Å²) in [5.41, 5.74) is 3.03. The number of tetrazole rings is 1. The Morgan fingerprint density at radius 3 is 2.46 bits per heavy atom. The number of aryl methyl sites for hydroxylation is 1. The first-order valence-electron chi connectivity index (χ1n) is 11.1. The maximum atomic E-state index is 14.4. The molecule has 0 fully saturated rings. The highest BCUT2D eigenvalue weighted by Gasteiger charge is 2.18. The Hall–Kier alpha value is -4.47. The number of imidazole rings is 1. The van der Waals surface area contributed by atoms with Gasteiger partial charge in [-0.1, -0.05) is 43.7 Å². The average molecular weight is 473 g/mol. The normalized spacial score (nSPS) is 11.2. The van der Waals surface area contributed by atoms with Gasteiger partial charge in [0.15, 0.2) is 5.82 Å². The van der Waals surface area contributed by atoms with Gasteiger partial charge >= 0.3 is 5.69 Å². The molecule has 176 valence electrons. The predicted octanol–water partition coefficient (Wildman–Crippen LogP) is 4.16. The van der Waals surface area contributed by atoms with Gasteiger partial charge in [0.2, 0.25) is 0 Å². The molecule has 3 aromatic heterocycles. The third-order valence-electron chi connectivity index (χ3n) is 5.72. The van der Waals surface area contributed by atoms with Crippen molar-refractivity contribution >= 4 is 0 Å². The van der Waals surface area contributed by atoms with Crippen molar-refractivity contribution in [3.63, 3.8) is 0 Å². The number of hydrogen-bond acceptors (Lipinski definition) is 5. The zero-order valence-corrected chi connectivity index (χ0v) is 18.8. The fraction of sp³-hybridized carbons (Fsp3) is 0.160. The van der Waals surface area contributed by atoms with E-state index < -0.39 is 17.3 Å². The van der Waals surface area contributed by atoms with Gasteiger partial charge in [-0.05, 0) is 46.7 Å². The first-order chi connectivity index (χ1) is 17.1. The van der Waals surface area contributed by atoms with E-state index in [1.165, 1.54) is 12.3 Å². The molecule has 5 rings (SSSR count). The first-order valence-corrected chi connectivity index (χ1v) is 11.1. The number of pyridine rings is 1. The van der Waals surface area contributed by atoms with E-state index in [0.29, 0.717) is 23.6 Å². The molecule has 0 unspecified atom stereocenters. The van der Waals surface area contributed by atoms with Crippen molar-refractivity contribution in [1.29, 1.82) is 0 Å². The van der Waals surface area contributed by atoms with Crippen molar-refractivity contribution in [1.82, 2.24) is 34.7 Å². The van der Waals surface area contributed by atoms with E-state index in [1.807, 2.05) is 37.3 Å². The highest BCUT2D eigenvalue weighted by molar-refractivity contribution is 5.76. The summed E-state index contributed by atoms with van der Waals surface area (Å²) in [5, 5.41) is 14.0. The van der Waals surface area contributed by atoms with Crippen LogP contribution in [0, 0.1) is 11.6 Å². The molecule has 1 N–H and O–H groups in total. The van der Waals surface area contributed by atoms with E-state index in [2.05, 4.69) is 25.6 Å². The van der Waals surface area contributed by atoms with E-state index in [4.69, 9.17) is 0 Å². The second kappa shape index (κ2) is 9.41. The zero-order valence-electron chi connectivity index (χ0n) is 18.8. The Labute approximate surface area is 198 Å². The van der Waals surface area contributed by atoms with Gasteiger partial charge in [-0.25, -0.2) is 18.7 Å². The largest absolute Gasteiger partial charge is 0.333 e. The summed E-state index contributed by atoms with van der Waals surface area (Å²) in [6, 6.07) is 14.8. The van der Waals surface area contributed by atoms with Crippen LogP contribution in [0.4, 0.5) is 8.78 Å². The molecule has 0 bridgehead atoms. The average Bonchev–Trinajstić information content (AvgIpc) is 3.50. The summed E-state index contributed by atoms with van der Waals surface area (Å²) in [6.45, 7) is 2.25. The maximum Gasteiger partial charge on any atom is 0.333 e. The van der Waals surface area contributed by atoms with Crippen molar-refractivity contribution < 1.29 is 8.78 Å². The molecule has 0 saturated carbocycles. The fourth-order valence-corrected chi connectivity index (χ4v) is 4.08. The number of nitrogens with one attached hydrogen (secondary N) is 1. The number of hydrogen-bond donors (Lipinski definition) is 1. The summed E-state index contributed by atoms with van der Waals surface area (Å²) < 4.78 is 31.4. The lowest BCUT2D eigenvalue weighted by molar-refractivity contribution is 0.564. The van der Waals surface area contributed by atoms with Crippen LogP contribution in [0.15, 0.2) is 71.8 Å². The van der Waals surface area contributed by atoms with Crippen molar-refractivity contribution in [3.8, 4) is 28.3 Å². The highest BCUT2D eigenvalue weighted by Crippen LogP contribution is 2.27. The van der Waals surface area contributed by atoms with Gasteiger partial charge in [-0.15, -0.1) is 5.10 Å². The van der Waals surface area contributed by atoms with Crippen LogP contribution in [0.1, 0.15) is 24.6 Å². The van der Waals surface area contributed by atoms with Crippen LogP contribution in [-0.2, 0) is 13.0 Å². The van der Waals surface area contributed by atoms with Gasteiger partial charge in [0, 0.05) is 29.2 Å². The monoisotopic (exact) mass is 473 g/mol. The van der Waals surface area contributed by atoms with Crippen molar-refractivity contribution in [2.24, 2.45) is 0 Å². The summed E-state index contributed by atoms with van der Waals surface area (Å²) >= 11 is 0. The topological polar surface area (TPSA) is 94.3 Å². The van der Waals surface area contributed by atoms with Crippen LogP contribution in [0.25, 0.3) is 28.3 Å². The third-order valence-corrected chi connectivity index (χ3v) is 5.72. The first kappa shape index (κ1) is 22.3. The number of benzene rings is 2. The molecule has 5 aromatic rings. The predicted molar refractivity (Wildman–Crippen MR) is 126 cm³/mol. The van der Waals surface area contributed by atoms with Crippen LogP contribution in [-0.4, -0.2) is 34.7 Å². The Morgan fingerprint density at radius 2 is 1.77 bits per heavy atom. The third kappa shape index (κ3) is 4.25. The minimum Gasteiger partial charge on any atom is -0.292 e. The molecule has 10 heteroatoms. The van der Waals surface area contributed by atoms with E-state index in [-0.39, 0.29) is 12.2 Å². The molecule has 0 saturated heterocycles. The van der Waals surface area contributed by atoms with E-state index >= 15 is 0 Å². The van der Waals surface area contributed by atoms with Crippen LogP contribution >= 0.6 is 0 Å². The second-order valence-corrected chi connectivity index (χ2v) is 8.03. The number of aromatic amines is 1. The molecule has 8 nitrogen and oxygen atoms in total. The lowest BCUT2D eigenvalue weighted by Crippen LogP contribution is -2.25. The summed E-state index contributed by atoms with van der Waals surface area (Å²) in [4.78, 5) is 17.7. The van der Waals surface area contributed by atoms with Crippen molar-refractivity contribution in [2.45, 2.75) is 26.3 Å². The van der Waals surface area contributed by atoms with Crippen LogP contribution < -0.4 is 5.69 Å². The van der Waals surface area contributed by atoms with E-state index in [1.54, 1.807) is 16.8 Å². The van der Waals surface area contributed by atoms with Gasteiger partial charge in [-0.3, -0.25) is 14.1 Å². The Kier molecular flexibility index (Phi) is 6.01. The van der Waals surface area contributed by atoms with Gasteiger partial charge in [0.25, 0.3) is 0 Å². The molecule has 3 heterocycles. The number of nitrogens with zero attached hydrogens (tertiary/aromatic N) is 6. The minimum absolute atomic E-state index is 0.263. The van der Waals surface area contributed by atoms with Gasteiger partial charge in [-0.2, -0.15) is 0 Å². The molecule has 0 aliphatic heterocycles. The van der Waals surface area contributed by atoms with Gasteiger partial charge < -0.3 is 0 Å². The fourth-order valence-electron chi connectivity index (χ4n) is 4.08. The SMILES string of the molecule is CCCc1cn(-c2c(F)cccc2F)c(=O)n1Cc1ccc(-c2ncccc2-c2nnn[nH]2)cc1. The second-order valence-electron chi connectivity index (χ2n) is 8.03. The molecule has 0 aliphatic rings. The standard InChI is InChI=1S/C25H21F2N7O/c1-2-5-18-15-34(23-20(26)7-3-8-21(23)27)25(35)33(18)14-16-9-11-17(12-10-16)22-19(6-4-13-28-22)24-29-31-32-30-24/h3-4,6-13,15H,2,5,14H2,1H3,(H,29,30,31,32). The Bertz CT molecular complexity index is 1500. The van der Waals surface area contributed by atoms with Gasteiger partial charge in [0.1, 0.15) is 17.3 Å². The molecular weight excluding hydrogens is 452 g/mol. The lowest BCUT2D eigenvalue weighted by atomic mass is 10.0. The van der Waals surface area contributed by atoms with Crippen molar-refractivity contribution in [2.75, 3.05) is 0 Å². The number of H-pyrrole nitrogens is 1. The van der Waals surface area contributed by atoms with Crippen LogP contribution in [0.2, 0.25) is 0 Å². The lowest BCUT2D eigenvalue weighted by Gasteiger charge is -2.09. The quantitative estimate of drug-likeness (QED) is 0.383. The smallest absolute Gasteiger partial charge is 0.292 e. The van der Waals surface area contributed by atoms with Crippen LogP contribution in [0.3, 0.4) is 0 Å². The number of para-hydroxylation sites is 1. The Morgan fingerprint density at radius 1 is 1.00 bits per heavy atom. The minimum atomic E-state index is -0.787. The van der Waals surface area contributed by atoms with Crippen molar-refractivity contribution in [3.05, 3.63) is 100 Å². The molecule has 0 amide bonds. The zero-order chi connectivity index (χ0) is 24.4. The summed E-state index contributed by atoms with van der Waals surface area (Å²) in [6.07, 6.45) is 4.59. The van der Waals surface area contributed by atoms with Crippen LogP contribution in [0.5, 0.6) is 0 Å². The van der Waals surface area contributed by atoms with E-state index in [0.717, 1.165) is 39.8 Å². The Balaban J connectivity index is 1.49. The van der Waals surface area contributed by atoms with E-state index in [9.17, 15) is 13.6 Å². The maximum absolute atomic E-state index is 14.4. The molecular formula is C25H21F2N7O. The molecule has 0 radical (unpaired) electrons. The molecule has 0 atom stereocenters. The number of rotatable bonds is 7. The molecule has 35 heavy (non-hydrogen) atoms. The molecule has 0 spiro atoms. The number of halogens is 2. The number of aromatic nitrogens is 7. The summed E-state index contributed by atoms with van der Waals surface area (Å²) in [7, 11) is 0. The molecule has 2 aromatic carbocycles. The summed E-state index contributed by atoms with van der Waals surface area (Å²) in [5.74, 6) is -1.07. The van der Waals surface area contributed by atoms with Gasteiger partial charge in [0.05, 0.1) is 12.2 Å². The highest BCUT2D eigenvalue weighted by atomic mass is 19.1.